The van der Waals surface area contributed by atoms with Crippen molar-refractivity contribution in [3.05, 3.63) is 18.9 Å². The zero-order chi connectivity index (χ0) is 8.55. The van der Waals surface area contributed by atoms with Gasteiger partial charge in [-0.25, -0.2) is 15.0 Å². The lowest BCUT2D eigenvalue weighted by Crippen LogP contribution is -1.95. The third kappa shape index (κ3) is 1.06. The molecule has 4 nitrogen and oxygen atoms in total. The van der Waals surface area contributed by atoms with Crippen LogP contribution in [0.2, 0.25) is 0 Å². The quantitative estimate of drug-likeness (QED) is 0.672. The number of fused-ring (bicyclic) bond motifs is 1. The molecule has 0 saturated carbocycles. The summed E-state index contributed by atoms with van der Waals surface area (Å²) in [6.45, 7) is 1.97. The molecule has 0 aliphatic carbocycles. The van der Waals surface area contributed by atoms with E-state index in [2.05, 4.69) is 27.6 Å². The molecule has 2 heterocycles. The summed E-state index contributed by atoms with van der Waals surface area (Å²) in [5, 5.41) is 0.0981. The molecule has 0 saturated heterocycles. The third-order valence-electron chi connectivity index (χ3n) is 1.66. The molecule has 62 valence electrons. The van der Waals surface area contributed by atoms with Gasteiger partial charge in [0.15, 0.2) is 5.65 Å². The summed E-state index contributed by atoms with van der Waals surface area (Å²) in [6.07, 6.45) is 4.95. The van der Waals surface area contributed by atoms with Crippen LogP contribution in [0.4, 0.5) is 0 Å². The second kappa shape index (κ2) is 2.75. The molecule has 0 aliphatic heterocycles. The van der Waals surface area contributed by atoms with Crippen molar-refractivity contribution >= 4 is 23.8 Å². The highest BCUT2D eigenvalue weighted by Gasteiger charge is 2.05. The summed E-state index contributed by atoms with van der Waals surface area (Å²) in [6, 6.07) is 0. The molecular formula is C7H8N4S. The van der Waals surface area contributed by atoms with Gasteiger partial charge in [-0.1, -0.05) is 0 Å². The highest BCUT2D eigenvalue weighted by atomic mass is 32.1. The average molecular weight is 180 g/mol. The van der Waals surface area contributed by atoms with E-state index < -0.39 is 0 Å². The zero-order valence-corrected chi connectivity index (χ0v) is 7.44. The van der Waals surface area contributed by atoms with Crippen LogP contribution in [0.5, 0.6) is 0 Å². The largest absolute Gasteiger partial charge is 0.316 e. The van der Waals surface area contributed by atoms with Gasteiger partial charge in [0.25, 0.3) is 0 Å². The lowest BCUT2D eigenvalue weighted by atomic mass is 10.5. The van der Waals surface area contributed by atoms with Crippen LogP contribution in [0.25, 0.3) is 11.2 Å². The van der Waals surface area contributed by atoms with E-state index in [1.807, 2.05) is 11.5 Å². The summed E-state index contributed by atoms with van der Waals surface area (Å²) in [5.41, 5.74) is 1.63. The van der Waals surface area contributed by atoms with E-state index in [0.29, 0.717) is 5.65 Å². The van der Waals surface area contributed by atoms with Gasteiger partial charge in [-0.15, -0.1) is 0 Å². The fourth-order valence-corrected chi connectivity index (χ4v) is 1.26. The molecule has 0 amide bonds. The summed E-state index contributed by atoms with van der Waals surface area (Å²) in [5.74, 6) is 0. The summed E-state index contributed by atoms with van der Waals surface area (Å²) >= 11 is 4.30. The van der Waals surface area contributed by atoms with Gasteiger partial charge in [0, 0.05) is 0 Å². The number of rotatable bonds is 1. The molecule has 0 aliphatic rings. The summed E-state index contributed by atoms with van der Waals surface area (Å²) in [7, 11) is 0. The first kappa shape index (κ1) is 7.54. The van der Waals surface area contributed by atoms with Crippen LogP contribution in [-0.4, -0.2) is 19.5 Å². The Morgan fingerprint density at radius 1 is 1.50 bits per heavy atom. The molecule has 0 radical (unpaired) electrons. The highest BCUT2D eigenvalue weighted by Crippen LogP contribution is 2.16. The Morgan fingerprint density at radius 3 is 3.08 bits per heavy atom. The van der Waals surface area contributed by atoms with Crippen molar-refractivity contribution in [3.8, 4) is 0 Å². The first-order valence-electron chi connectivity index (χ1n) is 3.59. The summed E-state index contributed by atoms with van der Waals surface area (Å²) < 4.78 is 1.92. The maximum atomic E-state index is 4.30. The van der Waals surface area contributed by atoms with Crippen molar-refractivity contribution in [2.45, 2.75) is 12.3 Å². The molecule has 0 aromatic carbocycles. The minimum absolute atomic E-state index is 0.0981. The lowest BCUT2D eigenvalue weighted by Gasteiger charge is -2.05. The second-order valence-corrected chi connectivity index (χ2v) is 3.26. The van der Waals surface area contributed by atoms with Crippen molar-refractivity contribution < 1.29 is 0 Å². The van der Waals surface area contributed by atoms with E-state index in [4.69, 9.17) is 0 Å². The molecule has 2 aromatic heterocycles. The van der Waals surface area contributed by atoms with Crippen LogP contribution >= 0.6 is 12.6 Å². The van der Waals surface area contributed by atoms with Crippen LogP contribution in [0.15, 0.2) is 18.9 Å². The minimum atomic E-state index is 0.0981. The van der Waals surface area contributed by atoms with Crippen LogP contribution in [0.3, 0.4) is 0 Å². The average Bonchev–Trinajstić information content (AvgIpc) is 2.47. The Bertz CT molecular complexity index is 395. The van der Waals surface area contributed by atoms with E-state index in [1.165, 1.54) is 6.33 Å². The fourth-order valence-electron chi connectivity index (χ4n) is 1.07. The monoisotopic (exact) mass is 180 g/mol. The Morgan fingerprint density at radius 2 is 2.33 bits per heavy atom. The molecule has 1 unspecified atom stereocenters. The van der Waals surface area contributed by atoms with E-state index in [1.54, 1.807) is 12.5 Å². The number of imidazole rings is 1. The van der Waals surface area contributed by atoms with Gasteiger partial charge in [-0.3, -0.25) is 0 Å². The predicted molar refractivity (Wildman–Crippen MR) is 49.0 cm³/mol. The smallest absolute Gasteiger partial charge is 0.180 e. The van der Waals surface area contributed by atoms with Gasteiger partial charge in [0.05, 0.1) is 17.9 Å². The maximum Gasteiger partial charge on any atom is 0.180 e. The summed E-state index contributed by atoms with van der Waals surface area (Å²) in [4.78, 5) is 12.0. The molecule has 0 N–H and O–H groups in total. The first-order valence-corrected chi connectivity index (χ1v) is 4.11. The van der Waals surface area contributed by atoms with Crippen molar-refractivity contribution in [3.63, 3.8) is 0 Å². The van der Waals surface area contributed by atoms with Gasteiger partial charge in [0.1, 0.15) is 11.8 Å². The number of thiol groups is 1. The van der Waals surface area contributed by atoms with Crippen molar-refractivity contribution in [1.29, 1.82) is 0 Å². The number of aromatic nitrogens is 4. The van der Waals surface area contributed by atoms with Gasteiger partial charge in [-0.2, -0.15) is 12.6 Å². The number of hydrogen-bond acceptors (Lipinski definition) is 4. The van der Waals surface area contributed by atoms with Crippen molar-refractivity contribution in [2.75, 3.05) is 0 Å². The third-order valence-corrected chi connectivity index (χ3v) is 1.91. The van der Waals surface area contributed by atoms with Crippen LogP contribution in [-0.2, 0) is 0 Å². The van der Waals surface area contributed by atoms with Gasteiger partial charge < -0.3 is 4.57 Å². The topological polar surface area (TPSA) is 43.6 Å². The normalized spacial score (nSPS) is 13.5. The Balaban J connectivity index is 2.70. The Hall–Kier alpha value is -1.10. The second-order valence-electron chi connectivity index (χ2n) is 2.52. The molecule has 2 aromatic rings. The van der Waals surface area contributed by atoms with Crippen LogP contribution in [0.1, 0.15) is 12.3 Å². The number of nitrogens with zero attached hydrogens (tertiary/aromatic N) is 4. The fraction of sp³-hybridized carbons (Fsp3) is 0.286. The first-order chi connectivity index (χ1) is 5.79. The molecule has 1 atom stereocenters. The molecular weight excluding hydrogens is 172 g/mol. The standard InChI is InChI=1S/C7H8N4S/c1-5(12)11-4-10-7-6(11)2-8-3-9-7/h2-5,12H,1H3. The molecule has 0 fully saturated rings. The minimum Gasteiger partial charge on any atom is -0.316 e. The SMILES string of the molecule is CC(S)n1cnc2ncncc21. The van der Waals surface area contributed by atoms with E-state index >= 15 is 0 Å². The van der Waals surface area contributed by atoms with Crippen molar-refractivity contribution in [2.24, 2.45) is 0 Å². The molecule has 2 rings (SSSR count). The van der Waals surface area contributed by atoms with Gasteiger partial charge in [0.2, 0.25) is 0 Å². The predicted octanol–water partition coefficient (Wildman–Crippen LogP) is 1.27. The molecule has 0 spiro atoms. The van der Waals surface area contributed by atoms with E-state index in [0.717, 1.165) is 5.52 Å². The Labute approximate surface area is 75.1 Å². The zero-order valence-electron chi connectivity index (χ0n) is 6.55. The van der Waals surface area contributed by atoms with E-state index in [-0.39, 0.29) is 5.37 Å². The maximum absolute atomic E-state index is 4.30. The van der Waals surface area contributed by atoms with E-state index in [9.17, 15) is 0 Å². The Kier molecular flexibility index (Phi) is 1.73. The molecule has 12 heavy (non-hydrogen) atoms. The van der Waals surface area contributed by atoms with Crippen LogP contribution < -0.4 is 0 Å². The number of hydrogen-bond donors (Lipinski definition) is 1. The highest BCUT2D eigenvalue weighted by molar-refractivity contribution is 7.80. The van der Waals surface area contributed by atoms with Crippen LogP contribution in [0, 0.1) is 0 Å². The molecule has 5 heteroatoms. The van der Waals surface area contributed by atoms with Gasteiger partial charge in [-0.05, 0) is 6.92 Å². The van der Waals surface area contributed by atoms with Gasteiger partial charge >= 0.3 is 0 Å². The lowest BCUT2D eigenvalue weighted by molar-refractivity contribution is 0.767. The molecule has 0 bridgehead atoms. The van der Waals surface area contributed by atoms with Crippen molar-refractivity contribution in [1.82, 2.24) is 19.5 Å².